The van der Waals surface area contributed by atoms with Crippen LogP contribution in [0.15, 0.2) is 6.07 Å². The van der Waals surface area contributed by atoms with E-state index in [-0.39, 0.29) is 11.0 Å². The average Bonchev–Trinajstić information content (AvgIpc) is 2.46. The Hall–Kier alpha value is -1.69. The van der Waals surface area contributed by atoms with E-state index >= 15 is 0 Å². The number of aromatic nitrogens is 4. The molecular weight excluding hydrogens is 196 g/mol. The maximum atomic E-state index is 10.5. The fourth-order valence-electron chi connectivity index (χ4n) is 0.919. The Kier molecular flexibility index (Phi) is 1.63. The summed E-state index contributed by atoms with van der Waals surface area (Å²) in [4.78, 5) is 16.8. The van der Waals surface area contributed by atoms with Gasteiger partial charge in [0.15, 0.2) is 5.65 Å². The van der Waals surface area contributed by atoms with Crippen LogP contribution >= 0.6 is 11.6 Å². The summed E-state index contributed by atoms with van der Waals surface area (Å²) in [5.74, 6) is -1.07. The van der Waals surface area contributed by atoms with E-state index in [1.54, 1.807) is 0 Å². The van der Waals surface area contributed by atoms with Gasteiger partial charge in [0.2, 0.25) is 5.28 Å². The van der Waals surface area contributed by atoms with E-state index in [2.05, 4.69) is 20.2 Å². The lowest BCUT2D eigenvalue weighted by Crippen LogP contribution is -1.95. The summed E-state index contributed by atoms with van der Waals surface area (Å²) >= 11 is 5.46. The lowest BCUT2D eigenvalue weighted by atomic mass is 10.4. The average molecular weight is 199 g/mol. The standard InChI is InChI=1S/C6H3ClN4O2/c7-6-9-4-2(10-11-6)1-3(8-4)5(12)13/h1H,(H,12,13)(H,8,9,11). The number of hydrogen-bond acceptors (Lipinski definition) is 4. The van der Waals surface area contributed by atoms with E-state index in [1.165, 1.54) is 6.07 Å². The van der Waals surface area contributed by atoms with Gasteiger partial charge < -0.3 is 10.1 Å². The number of rotatable bonds is 1. The summed E-state index contributed by atoms with van der Waals surface area (Å²) in [7, 11) is 0. The second-order valence-corrected chi connectivity index (χ2v) is 2.64. The molecule has 2 aromatic rings. The van der Waals surface area contributed by atoms with E-state index in [0.29, 0.717) is 11.2 Å². The first-order valence-electron chi connectivity index (χ1n) is 3.29. The fourth-order valence-corrected chi connectivity index (χ4v) is 1.04. The number of fused-ring (bicyclic) bond motifs is 1. The number of nitrogens with one attached hydrogen (secondary N) is 1. The van der Waals surface area contributed by atoms with Gasteiger partial charge in [0, 0.05) is 6.07 Å². The third-order valence-corrected chi connectivity index (χ3v) is 1.61. The highest BCUT2D eigenvalue weighted by Gasteiger charge is 2.09. The van der Waals surface area contributed by atoms with Gasteiger partial charge in [-0.05, 0) is 11.6 Å². The summed E-state index contributed by atoms with van der Waals surface area (Å²) in [5.41, 5.74) is 0.707. The quantitative estimate of drug-likeness (QED) is 0.704. The van der Waals surface area contributed by atoms with E-state index in [0.717, 1.165) is 0 Å². The Balaban J connectivity index is 2.68. The molecule has 0 fully saturated rings. The van der Waals surface area contributed by atoms with Crippen LogP contribution in [0, 0.1) is 0 Å². The minimum atomic E-state index is -1.07. The normalized spacial score (nSPS) is 10.5. The van der Waals surface area contributed by atoms with Crippen LogP contribution in [-0.4, -0.2) is 31.2 Å². The Morgan fingerprint density at radius 1 is 1.54 bits per heavy atom. The molecule has 2 heterocycles. The van der Waals surface area contributed by atoms with Gasteiger partial charge in [-0.1, -0.05) is 0 Å². The number of H-pyrrole nitrogens is 1. The predicted molar refractivity (Wildman–Crippen MR) is 43.7 cm³/mol. The molecule has 7 heteroatoms. The van der Waals surface area contributed by atoms with Crippen LogP contribution in [-0.2, 0) is 0 Å². The Morgan fingerprint density at radius 3 is 3.00 bits per heavy atom. The van der Waals surface area contributed by atoms with Crippen molar-refractivity contribution in [1.82, 2.24) is 20.2 Å². The highest BCUT2D eigenvalue weighted by Crippen LogP contribution is 2.11. The van der Waals surface area contributed by atoms with E-state index in [9.17, 15) is 4.79 Å². The molecule has 0 radical (unpaired) electrons. The number of nitrogens with zero attached hydrogens (tertiary/aromatic N) is 3. The third-order valence-electron chi connectivity index (χ3n) is 1.45. The number of aromatic amines is 1. The summed E-state index contributed by atoms with van der Waals surface area (Å²) in [6.07, 6.45) is 0. The van der Waals surface area contributed by atoms with Crippen molar-refractivity contribution in [3.05, 3.63) is 17.0 Å². The van der Waals surface area contributed by atoms with Crippen molar-refractivity contribution in [3.8, 4) is 0 Å². The molecule has 2 N–H and O–H groups in total. The molecule has 0 aliphatic rings. The number of hydrogen-bond donors (Lipinski definition) is 2. The van der Waals surface area contributed by atoms with E-state index in [4.69, 9.17) is 16.7 Å². The third kappa shape index (κ3) is 1.31. The lowest BCUT2D eigenvalue weighted by molar-refractivity contribution is 0.0691. The fraction of sp³-hybridized carbons (Fsp3) is 0. The summed E-state index contributed by atoms with van der Waals surface area (Å²) in [6.45, 7) is 0. The molecule has 0 saturated carbocycles. The largest absolute Gasteiger partial charge is 0.477 e. The highest BCUT2D eigenvalue weighted by atomic mass is 35.5. The van der Waals surface area contributed by atoms with Crippen LogP contribution in [0.5, 0.6) is 0 Å². The van der Waals surface area contributed by atoms with Crippen molar-refractivity contribution >= 4 is 28.7 Å². The molecule has 0 atom stereocenters. The first-order chi connectivity index (χ1) is 6.16. The first kappa shape index (κ1) is 7.93. The number of halogens is 1. The molecule has 0 aliphatic carbocycles. The molecule has 66 valence electrons. The van der Waals surface area contributed by atoms with E-state index < -0.39 is 5.97 Å². The van der Waals surface area contributed by atoms with Crippen LogP contribution in [0.3, 0.4) is 0 Å². The molecule has 2 rings (SSSR count). The molecule has 2 aromatic heterocycles. The van der Waals surface area contributed by atoms with Crippen molar-refractivity contribution in [3.63, 3.8) is 0 Å². The van der Waals surface area contributed by atoms with Gasteiger partial charge in [-0.15, -0.1) is 10.2 Å². The zero-order valence-electron chi connectivity index (χ0n) is 6.15. The van der Waals surface area contributed by atoms with Crippen LogP contribution in [0.2, 0.25) is 5.28 Å². The monoisotopic (exact) mass is 198 g/mol. The van der Waals surface area contributed by atoms with Crippen molar-refractivity contribution in [1.29, 1.82) is 0 Å². The molecule has 0 spiro atoms. The van der Waals surface area contributed by atoms with Crippen molar-refractivity contribution in [2.75, 3.05) is 0 Å². The number of carboxylic acid groups (broad SMARTS) is 1. The number of carbonyl (C=O) groups is 1. The first-order valence-corrected chi connectivity index (χ1v) is 3.67. The summed E-state index contributed by atoms with van der Waals surface area (Å²) in [5, 5.41) is 15.7. The van der Waals surface area contributed by atoms with Gasteiger partial charge >= 0.3 is 5.97 Å². The van der Waals surface area contributed by atoms with Crippen LogP contribution in [0.4, 0.5) is 0 Å². The Labute approximate surface area is 76.6 Å². The maximum absolute atomic E-state index is 10.5. The maximum Gasteiger partial charge on any atom is 0.352 e. The van der Waals surface area contributed by atoms with Gasteiger partial charge in [0.05, 0.1) is 0 Å². The number of aromatic carboxylic acids is 1. The van der Waals surface area contributed by atoms with Crippen LogP contribution in [0.1, 0.15) is 10.5 Å². The Bertz CT molecular complexity index is 480. The minimum absolute atomic E-state index is 0.0130. The summed E-state index contributed by atoms with van der Waals surface area (Å²) in [6, 6.07) is 1.34. The van der Waals surface area contributed by atoms with Crippen molar-refractivity contribution < 1.29 is 9.90 Å². The van der Waals surface area contributed by atoms with Gasteiger partial charge in [0.25, 0.3) is 0 Å². The minimum Gasteiger partial charge on any atom is -0.477 e. The molecule has 6 nitrogen and oxygen atoms in total. The number of carboxylic acids is 1. The molecule has 0 amide bonds. The van der Waals surface area contributed by atoms with Crippen LogP contribution in [0.25, 0.3) is 11.2 Å². The van der Waals surface area contributed by atoms with Gasteiger partial charge in [-0.25, -0.2) is 4.79 Å². The van der Waals surface area contributed by atoms with Gasteiger partial charge in [-0.3, -0.25) is 0 Å². The highest BCUT2D eigenvalue weighted by molar-refractivity contribution is 6.28. The van der Waals surface area contributed by atoms with Crippen molar-refractivity contribution in [2.24, 2.45) is 0 Å². The summed E-state index contributed by atoms with van der Waals surface area (Å²) < 4.78 is 0. The molecular formula is C6H3ClN4O2. The van der Waals surface area contributed by atoms with Crippen LogP contribution < -0.4 is 0 Å². The zero-order chi connectivity index (χ0) is 9.42. The second kappa shape index (κ2) is 2.67. The lowest BCUT2D eigenvalue weighted by Gasteiger charge is -1.86. The van der Waals surface area contributed by atoms with Gasteiger partial charge in [-0.2, -0.15) is 4.98 Å². The van der Waals surface area contributed by atoms with E-state index in [1.807, 2.05) is 0 Å². The molecule has 13 heavy (non-hydrogen) atoms. The molecule has 0 unspecified atom stereocenters. The molecule has 0 bridgehead atoms. The molecule has 0 saturated heterocycles. The topological polar surface area (TPSA) is 91.8 Å². The predicted octanol–water partition coefficient (Wildman–Crippen LogP) is 0.704. The Morgan fingerprint density at radius 2 is 2.31 bits per heavy atom. The SMILES string of the molecule is O=C(O)c1cc2nnc(Cl)nc2[nH]1. The zero-order valence-corrected chi connectivity index (χ0v) is 6.91. The van der Waals surface area contributed by atoms with Crippen molar-refractivity contribution in [2.45, 2.75) is 0 Å². The molecule has 0 aromatic carbocycles. The molecule has 0 aliphatic heterocycles. The van der Waals surface area contributed by atoms with Gasteiger partial charge in [0.1, 0.15) is 11.2 Å². The second-order valence-electron chi connectivity index (χ2n) is 2.30. The smallest absolute Gasteiger partial charge is 0.352 e.